The minimum Gasteiger partial charge on any atom is -0.481 e. The summed E-state index contributed by atoms with van der Waals surface area (Å²) in [6.07, 6.45) is 7.65. The number of aromatic amines is 1. The first-order chi connectivity index (χ1) is 17.0. The quantitative estimate of drug-likeness (QED) is 0.510. The smallest absolute Gasteiger partial charge is 0.307 e. The van der Waals surface area contributed by atoms with Gasteiger partial charge in [-0.1, -0.05) is 0 Å². The molecule has 2 saturated heterocycles. The molecule has 10 nitrogen and oxygen atoms in total. The Hall–Kier alpha value is -3.69. The molecule has 1 atom stereocenters. The average Bonchev–Trinajstić information content (AvgIpc) is 3.59. The number of anilines is 4. The molecule has 0 amide bonds. The van der Waals surface area contributed by atoms with Crippen LogP contribution in [0, 0.1) is 11.3 Å². The molecule has 1 saturated carbocycles. The molecule has 3 fully saturated rings. The number of aliphatic carboxylic acids is 1. The van der Waals surface area contributed by atoms with Gasteiger partial charge in [0, 0.05) is 37.6 Å². The topological polar surface area (TPSA) is 127 Å². The Labute approximate surface area is 202 Å². The molecule has 4 heterocycles. The minimum atomic E-state index is -0.649. The number of carboxylic acids is 1. The molecule has 2 aliphatic heterocycles. The molecule has 0 radical (unpaired) electrons. The van der Waals surface area contributed by atoms with E-state index in [0.29, 0.717) is 22.7 Å². The maximum absolute atomic E-state index is 12.6. The number of carbonyl (C=O) groups is 1. The summed E-state index contributed by atoms with van der Waals surface area (Å²) in [4.78, 5) is 37.7. The molecule has 1 aliphatic carbocycles. The number of nitrogens with zero attached hydrogens (tertiary/aromatic N) is 5. The first-order valence-corrected chi connectivity index (χ1v) is 12.4. The number of hydrogen-bond acceptors (Lipinski definition) is 8. The summed E-state index contributed by atoms with van der Waals surface area (Å²) in [5.74, 6) is 0.280. The number of hydrogen-bond donors (Lipinski definition) is 3. The van der Waals surface area contributed by atoms with Crippen LogP contribution in [-0.4, -0.2) is 57.4 Å². The first kappa shape index (κ1) is 21.8. The van der Waals surface area contributed by atoms with Crippen molar-refractivity contribution >= 4 is 40.0 Å². The van der Waals surface area contributed by atoms with Gasteiger partial charge in [0.25, 0.3) is 5.56 Å². The molecule has 1 spiro atoms. The van der Waals surface area contributed by atoms with Gasteiger partial charge in [-0.3, -0.25) is 9.59 Å². The lowest BCUT2D eigenvalue weighted by Crippen LogP contribution is -2.35. The van der Waals surface area contributed by atoms with E-state index >= 15 is 0 Å². The van der Waals surface area contributed by atoms with Crippen molar-refractivity contribution < 1.29 is 9.90 Å². The predicted molar refractivity (Wildman–Crippen MR) is 133 cm³/mol. The first-order valence-electron chi connectivity index (χ1n) is 12.4. The van der Waals surface area contributed by atoms with Gasteiger partial charge in [0.15, 0.2) is 0 Å². The third kappa shape index (κ3) is 4.06. The van der Waals surface area contributed by atoms with Gasteiger partial charge in [0.2, 0.25) is 5.95 Å². The van der Waals surface area contributed by atoms with E-state index in [1.807, 2.05) is 12.1 Å². The largest absolute Gasteiger partial charge is 0.481 e. The van der Waals surface area contributed by atoms with Gasteiger partial charge in [-0.05, 0) is 68.2 Å². The molecule has 182 valence electrons. The Morgan fingerprint density at radius 2 is 1.77 bits per heavy atom. The van der Waals surface area contributed by atoms with Gasteiger partial charge in [-0.25, -0.2) is 10.1 Å². The zero-order chi connectivity index (χ0) is 24.0. The third-order valence-electron chi connectivity index (χ3n) is 7.89. The normalized spacial score (nSPS) is 21.3. The number of nitrogens with one attached hydrogen (secondary N) is 2. The Bertz CT molecular complexity index is 1310. The number of benzene rings is 1. The zero-order valence-corrected chi connectivity index (χ0v) is 19.5. The average molecular weight is 476 g/mol. The second-order valence-electron chi connectivity index (χ2n) is 10.00. The summed E-state index contributed by atoms with van der Waals surface area (Å²) in [6.45, 7) is 3.55. The standard InChI is InChI=1S/C25H29N7O3/c33-22-20-19(15-26-30-22)28-24(32-10-2-1-3-11-32)29-21(20)27-16-4-6-17(7-5-16)31-12-8-25(9-13-31)14-18(25)23(34)35/h4-7,15,18H,1-3,8-14H2,(H,30,33)(H,34,35)(H,27,28,29). The van der Waals surface area contributed by atoms with Crippen LogP contribution in [0.15, 0.2) is 35.3 Å². The van der Waals surface area contributed by atoms with Gasteiger partial charge in [0.05, 0.1) is 12.1 Å². The van der Waals surface area contributed by atoms with E-state index < -0.39 is 5.97 Å². The molecular weight excluding hydrogens is 446 g/mol. The second kappa shape index (κ2) is 8.51. The fourth-order valence-electron chi connectivity index (χ4n) is 5.67. The lowest BCUT2D eigenvalue weighted by Gasteiger charge is -2.34. The van der Waals surface area contributed by atoms with Crippen LogP contribution in [-0.2, 0) is 4.79 Å². The number of carboxylic acid groups (broad SMARTS) is 1. The SMILES string of the molecule is O=C(O)C1CC12CCN(c1ccc(Nc3nc(N4CCCCC4)nc4cn[nH]c(=O)c34)cc1)CC2. The lowest BCUT2D eigenvalue weighted by atomic mass is 9.90. The van der Waals surface area contributed by atoms with Crippen molar-refractivity contribution in [2.75, 3.05) is 41.3 Å². The summed E-state index contributed by atoms with van der Waals surface area (Å²) in [7, 11) is 0. The molecule has 3 N–H and O–H groups in total. The van der Waals surface area contributed by atoms with Crippen molar-refractivity contribution in [3.63, 3.8) is 0 Å². The van der Waals surface area contributed by atoms with Crippen LogP contribution < -0.4 is 20.7 Å². The van der Waals surface area contributed by atoms with Crippen LogP contribution in [0.4, 0.5) is 23.1 Å². The van der Waals surface area contributed by atoms with Crippen molar-refractivity contribution in [1.29, 1.82) is 0 Å². The second-order valence-corrected chi connectivity index (χ2v) is 10.00. The number of piperidine rings is 2. The van der Waals surface area contributed by atoms with Gasteiger partial charge in [-0.15, -0.1) is 0 Å². The maximum Gasteiger partial charge on any atom is 0.307 e. The van der Waals surface area contributed by atoms with Crippen molar-refractivity contribution in [2.45, 2.75) is 38.5 Å². The molecule has 3 aliphatic rings. The fourth-order valence-corrected chi connectivity index (χ4v) is 5.67. The van der Waals surface area contributed by atoms with Crippen LogP contribution in [0.5, 0.6) is 0 Å². The van der Waals surface area contributed by atoms with Crippen LogP contribution in [0.3, 0.4) is 0 Å². The van der Waals surface area contributed by atoms with E-state index in [1.54, 1.807) is 6.20 Å². The highest BCUT2D eigenvalue weighted by atomic mass is 16.4. The van der Waals surface area contributed by atoms with Crippen molar-refractivity contribution in [1.82, 2.24) is 20.2 Å². The minimum absolute atomic E-state index is 0.0197. The molecule has 0 bridgehead atoms. The Kier molecular flexibility index (Phi) is 5.31. The van der Waals surface area contributed by atoms with Crippen LogP contribution in [0.25, 0.3) is 10.9 Å². The predicted octanol–water partition coefficient (Wildman–Crippen LogP) is 3.14. The molecule has 1 aromatic carbocycles. The number of H-pyrrole nitrogens is 1. The summed E-state index contributed by atoms with van der Waals surface area (Å²) in [6, 6.07) is 8.09. The Morgan fingerprint density at radius 3 is 2.46 bits per heavy atom. The highest BCUT2D eigenvalue weighted by Crippen LogP contribution is 2.59. The van der Waals surface area contributed by atoms with E-state index in [1.165, 1.54) is 6.42 Å². The van der Waals surface area contributed by atoms with Crippen molar-refractivity contribution in [3.05, 3.63) is 40.8 Å². The van der Waals surface area contributed by atoms with E-state index in [2.05, 4.69) is 42.4 Å². The Balaban J connectivity index is 1.21. The van der Waals surface area contributed by atoms with E-state index in [9.17, 15) is 14.7 Å². The van der Waals surface area contributed by atoms with Crippen LogP contribution in [0.2, 0.25) is 0 Å². The molecule has 1 unspecified atom stereocenters. The zero-order valence-electron chi connectivity index (χ0n) is 19.5. The Morgan fingerprint density at radius 1 is 1.03 bits per heavy atom. The molecule has 10 heteroatoms. The van der Waals surface area contributed by atoms with Gasteiger partial charge >= 0.3 is 5.97 Å². The monoisotopic (exact) mass is 475 g/mol. The van der Waals surface area contributed by atoms with Gasteiger partial charge < -0.3 is 20.2 Å². The summed E-state index contributed by atoms with van der Waals surface area (Å²) >= 11 is 0. The summed E-state index contributed by atoms with van der Waals surface area (Å²) < 4.78 is 0. The number of fused-ring (bicyclic) bond motifs is 1. The highest BCUT2D eigenvalue weighted by Gasteiger charge is 2.58. The van der Waals surface area contributed by atoms with Crippen LogP contribution >= 0.6 is 0 Å². The fraction of sp³-hybridized carbons (Fsp3) is 0.480. The maximum atomic E-state index is 12.6. The number of rotatable bonds is 5. The van der Waals surface area contributed by atoms with E-state index in [-0.39, 0.29) is 16.9 Å². The molecule has 3 aromatic rings. The van der Waals surface area contributed by atoms with Gasteiger partial charge in [0.1, 0.15) is 16.7 Å². The summed E-state index contributed by atoms with van der Waals surface area (Å²) in [5, 5.41) is 19.5. The van der Waals surface area contributed by atoms with Crippen molar-refractivity contribution in [3.8, 4) is 0 Å². The van der Waals surface area contributed by atoms with E-state index in [4.69, 9.17) is 4.98 Å². The van der Waals surface area contributed by atoms with E-state index in [0.717, 1.165) is 69.7 Å². The highest BCUT2D eigenvalue weighted by molar-refractivity contribution is 5.90. The van der Waals surface area contributed by atoms with Gasteiger partial charge in [-0.2, -0.15) is 10.1 Å². The summed E-state index contributed by atoms with van der Waals surface area (Å²) in [5.41, 5.74) is 2.16. The third-order valence-corrected chi connectivity index (χ3v) is 7.89. The molecule has 6 rings (SSSR count). The molecule has 35 heavy (non-hydrogen) atoms. The molecule has 2 aromatic heterocycles. The lowest BCUT2D eigenvalue weighted by molar-refractivity contribution is -0.139. The molecular formula is C25H29N7O3. The number of aromatic nitrogens is 4. The van der Waals surface area contributed by atoms with Crippen molar-refractivity contribution in [2.24, 2.45) is 11.3 Å². The van der Waals surface area contributed by atoms with Crippen LogP contribution in [0.1, 0.15) is 38.5 Å².